The number of ether oxygens (including phenoxy) is 1. The highest BCUT2D eigenvalue weighted by Crippen LogP contribution is 2.41. The standard InChI is InChI=1S/C24H22N4O3/c29-22-14-18-8-4-5-9-19(18)24(31-22)10-12-28(13-11-24)23(30)27-21-16-25-20(15-26-21)17-6-2-1-3-7-17/h1-9,15-16H,10-14H2,(H,26,27,30). The number of likely N-dealkylation sites (tertiary alicyclic amines) is 1. The van der Waals surface area contributed by atoms with E-state index >= 15 is 0 Å². The van der Waals surface area contributed by atoms with Gasteiger partial charge in [-0.2, -0.15) is 0 Å². The molecule has 0 aliphatic carbocycles. The smallest absolute Gasteiger partial charge is 0.323 e. The first-order valence-corrected chi connectivity index (χ1v) is 10.4. The Balaban J connectivity index is 1.24. The predicted octanol–water partition coefficient (Wildman–Crippen LogP) is 3.77. The summed E-state index contributed by atoms with van der Waals surface area (Å²) in [6.45, 7) is 0.978. The Kier molecular flexibility index (Phi) is 4.86. The number of anilines is 1. The second-order valence-corrected chi connectivity index (χ2v) is 7.87. The SMILES string of the molecule is O=C1Cc2ccccc2C2(CCN(C(=O)Nc3cnc(-c4ccccc4)cn3)CC2)O1. The molecule has 2 aliphatic heterocycles. The van der Waals surface area contributed by atoms with Crippen LogP contribution in [0.25, 0.3) is 11.3 Å². The molecule has 1 saturated heterocycles. The first-order chi connectivity index (χ1) is 15.1. The second-order valence-electron chi connectivity index (χ2n) is 7.87. The summed E-state index contributed by atoms with van der Waals surface area (Å²) in [6.07, 6.45) is 4.66. The van der Waals surface area contributed by atoms with Crippen LogP contribution in [0.1, 0.15) is 24.0 Å². The zero-order valence-electron chi connectivity index (χ0n) is 17.0. The van der Waals surface area contributed by atoms with Crippen molar-refractivity contribution in [2.45, 2.75) is 24.9 Å². The number of esters is 1. The fourth-order valence-electron chi connectivity index (χ4n) is 4.37. The number of hydrogen-bond acceptors (Lipinski definition) is 5. The lowest BCUT2D eigenvalue weighted by molar-refractivity contribution is -0.168. The molecule has 2 aliphatic rings. The number of urea groups is 1. The highest BCUT2D eigenvalue weighted by Gasteiger charge is 2.44. The minimum absolute atomic E-state index is 0.203. The summed E-state index contributed by atoms with van der Waals surface area (Å²) in [5.74, 6) is 0.199. The molecule has 7 heteroatoms. The lowest BCUT2D eigenvalue weighted by atomic mass is 9.79. The third kappa shape index (κ3) is 3.74. The van der Waals surface area contributed by atoms with Crippen molar-refractivity contribution in [2.24, 2.45) is 0 Å². The van der Waals surface area contributed by atoms with E-state index < -0.39 is 5.60 Å². The van der Waals surface area contributed by atoms with Gasteiger partial charge in [-0.05, 0) is 11.1 Å². The van der Waals surface area contributed by atoms with Crippen LogP contribution in [0.15, 0.2) is 67.0 Å². The van der Waals surface area contributed by atoms with Crippen LogP contribution in [0.3, 0.4) is 0 Å². The third-order valence-corrected chi connectivity index (χ3v) is 5.97. The van der Waals surface area contributed by atoms with Gasteiger partial charge in [-0.15, -0.1) is 0 Å². The largest absolute Gasteiger partial charge is 0.454 e. The van der Waals surface area contributed by atoms with Crippen molar-refractivity contribution in [1.82, 2.24) is 14.9 Å². The second kappa shape index (κ2) is 7.83. The van der Waals surface area contributed by atoms with E-state index in [1.807, 2.05) is 54.6 Å². The first kappa shape index (κ1) is 19.2. The summed E-state index contributed by atoms with van der Waals surface area (Å²) in [7, 11) is 0. The number of carbonyl (C=O) groups is 2. The summed E-state index contributed by atoms with van der Waals surface area (Å²) in [5, 5.41) is 2.82. The van der Waals surface area contributed by atoms with E-state index in [-0.39, 0.29) is 12.0 Å². The fourth-order valence-corrected chi connectivity index (χ4v) is 4.37. The lowest BCUT2D eigenvalue weighted by Gasteiger charge is -2.44. The molecule has 31 heavy (non-hydrogen) atoms. The summed E-state index contributed by atoms with van der Waals surface area (Å²) >= 11 is 0. The van der Waals surface area contributed by atoms with Crippen molar-refractivity contribution in [2.75, 3.05) is 18.4 Å². The maximum atomic E-state index is 12.7. The van der Waals surface area contributed by atoms with Gasteiger partial charge < -0.3 is 9.64 Å². The molecule has 2 aromatic carbocycles. The molecule has 1 N–H and O–H groups in total. The molecule has 7 nitrogen and oxygen atoms in total. The molecule has 1 fully saturated rings. The van der Waals surface area contributed by atoms with Gasteiger partial charge in [-0.25, -0.2) is 9.78 Å². The van der Waals surface area contributed by atoms with Gasteiger partial charge >= 0.3 is 12.0 Å². The minimum Gasteiger partial charge on any atom is -0.454 e. The maximum absolute atomic E-state index is 12.7. The van der Waals surface area contributed by atoms with E-state index in [0.29, 0.717) is 38.2 Å². The minimum atomic E-state index is -0.639. The number of rotatable bonds is 2. The number of nitrogens with zero attached hydrogens (tertiary/aromatic N) is 3. The average molecular weight is 414 g/mol. The molecule has 0 radical (unpaired) electrons. The van der Waals surface area contributed by atoms with Gasteiger partial charge in [0, 0.05) is 31.5 Å². The van der Waals surface area contributed by atoms with Crippen LogP contribution in [-0.2, 0) is 21.6 Å². The average Bonchev–Trinajstić information content (AvgIpc) is 2.80. The summed E-state index contributed by atoms with van der Waals surface area (Å²) in [6, 6.07) is 17.4. The lowest BCUT2D eigenvalue weighted by Crippen LogP contribution is -2.50. The van der Waals surface area contributed by atoms with Crippen molar-refractivity contribution in [3.8, 4) is 11.3 Å². The van der Waals surface area contributed by atoms with E-state index in [1.54, 1.807) is 17.3 Å². The van der Waals surface area contributed by atoms with E-state index in [9.17, 15) is 9.59 Å². The van der Waals surface area contributed by atoms with Gasteiger partial charge in [0.1, 0.15) is 5.60 Å². The Hall–Kier alpha value is -3.74. The molecule has 156 valence electrons. The molecule has 0 unspecified atom stereocenters. The number of piperidine rings is 1. The topological polar surface area (TPSA) is 84.4 Å². The monoisotopic (exact) mass is 414 g/mol. The van der Waals surface area contributed by atoms with E-state index in [1.165, 1.54) is 0 Å². The number of carbonyl (C=O) groups excluding carboxylic acids is 2. The van der Waals surface area contributed by atoms with Gasteiger partial charge in [-0.1, -0.05) is 54.6 Å². The Labute approximate surface area is 180 Å². The van der Waals surface area contributed by atoms with Crippen molar-refractivity contribution in [3.63, 3.8) is 0 Å². The van der Waals surface area contributed by atoms with E-state index in [0.717, 1.165) is 22.4 Å². The maximum Gasteiger partial charge on any atom is 0.323 e. The van der Waals surface area contributed by atoms with Gasteiger partial charge in [0.05, 0.1) is 24.5 Å². The van der Waals surface area contributed by atoms with Crippen LogP contribution in [0.4, 0.5) is 10.6 Å². The number of aromatic nitrogens is 2. The molecule has 1 spiro atoms. The van der Waals surface area contributed by atoms with Crippen LogP contribution < -0.4 is 5.32 Å². The number of benzene rings is 2. The van der Waals surface area contributed by atoms with Crippen LogP contribution >= 0.6 is 0 Å². The van der Waals surface area contributed by atoms with Crippen LogP contribution in [-0.4, -0.2) is 40.0 Å². The molecular formula is C24H22N4O3. The first-order valence-electron chi connectivity index (χ1n) is 10.4. The Morgan fingerprint density at radius 1 is 0.968 bits per heavy atom. The van der Waals surface area contributed by atoms with Crippen molar-refractivity contribution < 1.29 is 14.3 Å². The normalized spacial score (nSPS) is 17.0. The molecule has 3 heterocycles. The van der Waals surface area contributed by atoms with Crippen LogP contribution in [0.5, 0.6) is 0 Å². The molecular weight excluding hydrogens is 392 g/mol. The van der Waals surface area contributed by atoms with Crippen molar-refractivity contribution in [3.05, 3.63) is 78.1 Å². The zero-order valence-corrected chi connectivity index (χ0v) is 17.0. The number of hydrogen-bond donors (Lipinski definition) is 1. The fraction of sp³-hybridized carbons (Fsp3) is 0.250. The Morgan fingerprint density at radius 2 is 1.71 bits per heavy atom. The van der Waals surface area contributed by atoms with Crippen molar-refractivity contribution >= 4 is 17.8 Å². The van der Waals surface area contributed by atoms with Crippen molar-refractivity contribution in [1.29, 1.82) is 0 Å². The predicted molar refractivity (Wildman–Crippen MR) is 115 cm³/mol. The van der Waals surface area contributed by atoms with E-state index in [4.69, 9.17) is 4.74 Å². The molecule has 0 saturated carbocycles. The van der Waals surface area contributed by atoms with Gasteiger partial charge in [0.25, 0.3) is 0 Å². The highest BCUT2D eigenvalue weighted by molar-refractivity contribution is 5.88. The summed E-state index contributed by atoms with van der Waals surface area (Å²) in [4.78, 5) is 35.3. The molecule has 3 aromatic rings. The summed E-state index contributed by atoms with van der Waals surface area (Å²) < 4.78 is 5.82. The number of fused-ring (bicyclic) bond motifs is 2. The third-order valence-electron chi connectivity index (χ3n) is 5.97. The number of amides is 2. The molecule has 2 amide bonds. The molecule has 5 rings (SSSR count). The van der Waals surface area contributed by atoms with E-state index in [2.05, 4.69) is 15.3 Å². The molecule has 0 bridgehead atoms. The number of nitrogens with one attached hydrogen (secondary N) is 1. The van der Waals surface area contributed by atoms with Crippen LogP contribution in [0.2, 0.25) is 0 Å². The molecule has 1 aromatic heterocycles. The summed E-state index contributed by atoms with van der Waals surface area (Å²) in [5.41, 5.74) is 3.16. The quantitative estimate of drug-likeness (QED) is 0.646. The van der Waals surface area contributed by atoms with Gasteiger partial charge in [-0.3, -0.25) is 15.1 Å². The Bertz CT molecular complexity index is 1110. The Morgan fingerprint density at radius 3 is 2.45 bits per heavy atom. The van der Waals surface area contributed by atoms with Gasteiger partial charge in [0.2, 0.25) is 0 Å². The molecule has 0 atom stereocenters. The van der Waals surface area contributed by atoms with Crippen LogP contribution in [0, 0.1) is 0 Å². The highest BCUT2D eigenvalue weighted by atomic mass is 16.6. The zero-order chi connectivity index (χ0) is 21.3. The van der Waals surface area contributed by atoms with Gasteiger partial charge in [0.15, 0.2) is 5.82 Å².